The van der Waals surface area contributed by atoms with Crippen molar-refractivity contribution in [2.24, 2.45) is 5.73 Å². The van der Waals surface area contributed by atoms with Gasteiger partial charge in [-0.2, -0.15) is 9.78 Å². The zero-order chi connectivity index (χ0) is 16.3. The molecule has 2 N–H and O–H groups in total. The molecule has 0 saturated heterocycles. The first-order valence-electron chi connectivity index (χ1n) is 6.60. The van der Waals surface area contributed by atoms with Gasteiger partial charge in [-0.3, -0.25) is 4.79 Å². The molecule has 0 radical (unpaired) electrons. The fraction of sp³-hybridized carbons (Fsp3) is 0.286. The van der Waals surface area contributed by atoms with Gasteiger partial charge in [0, 0.05) is 19.7 Å². The summed E-state index contributed by atoms with van der Waals surface area (Å²) < 4.78 is 27.5. The van der Waals surface area contributed by atoms with Gasteiger partial charge < -0.3 is 10.6 Å². The normalized spacial score (nSPS) is 10.8. The molecule has 22 heavy (non-hydrogen) atoms. The minimum Gasteiger partial charge on any atom is -0.372 e. The smallest absolute Gasteiger partial charge is 0.292 e. The molecule has 0 aliphatic rings. The Kier molecular flexibility index (Phi) is 5.10. The second-order valence-electron chi connectivity index (χ2n) is 4.72. The standard InChI is InChI=1S/C14H15ClF2N4O/c1-20(6-2-5-18)12-8-19-21(14(22)13(12)15)11-4-3-9(16)7-10(11)17/h3-4,7-8H,2,5-6,18H2,1H3. The highest BCUT2D eigenvalue weighted by molar-refractivity contribution is 6.33. The Balaban J connectivity index is 2.44. The molecule has 2 aromatic rings. The van der Waals surface area contributed by atoms with Crippen molar-refractivity contribution in [3.05, 3.63) is 51.4 Å². The van der Waals surface area contributed by atoms with Crippen molar-refractivity contribution in [3.8, 4) is 5.69 Å². The van der Waals surface area contributed by atoms with Crippen LogP contribution in [0.2, 0.25) is 5.02 Å². The van der Waals surface area contributed by atoms with Gasteiger partial charge in [-0.25, -0.2) is 8.78 Å². The third-order valence-electron chi connectivity index (χ3n) is 3.15. The SMILES string of the molecule is CN(CCCN)c1cnn(-c2ccc(F)cc2F)c(=O)c1Cl. The zero-order valence-electron chi connectivity index (χ0n) is 11.9. The van der Waals surface area contributed by atoms with Crippen LogP contribution in [0.1, 0.15) is 6.42 Å². The number of nitrogens with two attached hydrogens (primary N) is 1. The molecule has 0 saturated carbocycles. The van der Waals surface area contributed by atoms with Crippen molar-refractivity contribution >= 4 is 17.3 Å². The lowest BCUT2D eigenvalue weighted by atomic mass is 10.3. The van der Waals surface area contributed by atoms with E-state index >= 15 is 0 Å². The van der Waals surface area contributed by atoms with Crippen molar-refractivity contribution in [1.82, 2.24) is 9.78 Å². The van der Waals surface area contributed by atoms with Crippen molar-refractivity contribution in [1.29, 1.82) is 0 Å². The van der Waals surface area contributed by atoms with Crippen LogP contribution in [0.3, 0.4) is 0 Å². The van der Waals surface area contributed by atoms with Gasteiger partial charge in [0.2, 0.25) is 0 Å². The van der Waals surface area contributed by atoms with Crippen LogP contribution in [0, 0.1) is 11.6 Å². The predicted molar refractivity (Wildman–Crippen MR) is 81.7 cm³/mol. The number of anilines is 1. The molecule has 0 aliphatic carbocycles. The molecule has 0 amide bonds. The average Bonchev–Trinajstić information content (AvgIpc) is 2.48. The number of benzene rings is 1. The molecule has 0 aliphatic heterocycles. The maximum absolute atomic E-state index is 13.8. The van der Waals surface area contributed by atoms with Crippen LogP contribution < -0.4 is 16.2 Å². The molecule has 1 heterocycles. The van der Waals surface area contributed by atoms with Gasteiger partial charge in [-0.05, 0) is 25.1 Å². The number of nitrogens with zero attached hydrogens (tertiary/aromatic N) is 3. The molecule has 1 aromatic heterocycles. The lowest BCUT2D eigenvalue weighted by Gasteiger charge is -2.20. The van der Waals surface area contributed by atoms with E-state index in [0.717, 1.165) is 23.2 Å². The van der Waals surface area contributed by atoms with Gasteiger partial charge in [0.05, 0.1) is 11.9 Å². The fourth-order valence-electron chi connectivity index (χ4n) is 1.96. The molecule has 118 valence electrons. The van der Waals surface area contributed by atoms with E-state index in [4.69, 9.17) is 17.3 Å². The number of hydrogen-bond donors (Lipinski definition) is 1. The summed E-state index contributed by atoms with van der Waals surface area (Å²) in [5.74, 6) is -1.63. The van der Waals surface area contributed by atoms with Crippen LogP contribution in [0.4, 0.5) is 14.5 Å². The van der Waals surface area contributed by atoms with E-state index in [1.165, 1.54) is 6.20 Å². The third-order valence-corrected chi connectivity index (χ3v) is 3.50. The van der Waals surface area contributed by atoms with Gasteiger partial charge in [0.1, 0.15) is 16.5 Å². The molecule has 0 atom stereocenters. The summed E-state index contributed by atoms with van der Waals surface area (Å²) in [6.45, 7) is 1.11. The molecule has 2 rings (SSSR count). The van der Waals surface area contributed by atoms with Crippen LogP contribution in [-0.2, 0) is 0 Å². The molecule has 0 unspecified atom stereocenters. The maximum atomic E-state index is 13.8. The Morgan fingerprint density at radius 3 is 2.77 bits per heavy atom. The molecule has 0 spiro atoms. The number of hydrogen-bond acceptors (Lipinski definition) is 4. The fourth-order valence-corrected chi connectivity index (χ4v) is 2.24. The molecular weight excluding hydrogens is 314 g/mol. The Hall–Kier alpha value is -1.99. The molecular formula is C14H15ClF2N4O. The molecule has 0 fully saturated rings. The molecule has 8 heteroatoms. The van der Waals surface area contributed by atoms with Crippen LogP contribution in [-0.4, -0.2) is 29.9 Å². The summed E-state index contributed by atoms with van der Waals surface area (Å²) in [6, 6.07) is 2.85. The first-order chi connectivity index (χ1) is 10.5. The summed E-state index contributed by atoms with van der Waals surface area (Å²) in [6.07, 6.45) is 2.09. The highest BCUT2D eigenvalue weighted by Crippen LogP contribution is 2.21. The van der Waals surface area contributed by atoms with Gasteiger partial charge in [-0.1, -0.05) is 11.6 Å². The lowest BCUT2D eigenvalue weighted by Crippen LogP contribution is -2.28. The first-order valence-corrected chi connectivity index (χ1v) is 6.98. The largest absolute Gasteiger partial charge is 0.372 e. The number of halogens is 3. The minimum absolute atomic E-state index is 0.0850. The number of aromatic nitrogens is 2. The minimum atomic E-state index is -0.894. The first kappa shape index (κ1) is 16.4. The lowest BCUT2D eigenvalue weighted by molar-refractivity contribution is 0.570. The highest BCUT2D eigenvalue weighted by atomic mass is 35.5. The quantitative estimate of drug-likeness (QED) is 0.911. The maximum Gasteiger partial charge on any atom is 0.292 e. The van der Waals surface area contributed by atoms with E-state index in [2.05, 4.69) is 5.10 Å². The van der Waals surface area contributed by atoms with E-state index in [1.54, 1.807) is 11.9 Å². The van der Waals surface area contributed by atoms with Crippen molar-refractivity contribution in [2.75, 3.05) is 25.0 Å². The van der Waals surface area contributed by atoms with Crippen molar-refractivity contribution < 1.29 is 8.78 Å². The van der Waals surface area contributed by atoms with Gasteiger partial charge >= 0.3 is 0 Å². The van der Waals surface area contributed by atoms with Crippen molar-refractivity contribution in [2.45, 2.75) is 6.42 Å². The van der Waals surface area contributed by atoms with Crippen LogP contribution >= 0.6 is 11.6 Å². The highest BCUT2D eigenvalue weighted by Gasteiger charge is 2.16. The molecule has 0 bridgehead atoms. The van der Waals surface area contributed by atoms with E-state index in [-0.39, 0.29) is 10.7 Å². The van der Waals surface area contributed by atoms with E-state index < -0.39 is 17.2 Å². The van der Waals surface area contributed by atoms with Gasteiger partial charge in [0.15, 0.2) is 5.82 Å². The van der Waals surface area contributed by atoms with Crippen molar-refractivity contribution in [3.63, 3.8) is 0 Å². The predicted octanol–water partition coefficient (Wildman–Crippen LogP) is 1.95. The monoisotopic (exact) mass is 328 g/mol. The Morgan fingerprint density at radius 2 is 2.14 bits per heavy atom. The third kappa shape index (κ3) is 3.26. The van der Waals surface area contributed by atoms with E-state index in [1.807, 2.05) is 0 Å². The van der Waals surface area contributed by atoms with E-state index in [0.29, 0.717) is 24.8 Å². The second-order valence-corrected chi connectivity index (χ2v) is 5.10. The Bertz CT molecular complexity index is 735. The Morgan fingerprint density at radius 1 is 1.41 bits per heavy atom. The molecule has 5 nitrogen and oxygen atoms in total. The average molecular weight is 329 g/mol. The Labute approximate surface area is 130 Å². The van der Waals surface area contributed by atoms with E-state index in [9.17, 15) is 13.6 Å². The van der Waals surface area contributed by atoms with Gasteiger partial charge in [-0.15, -0.1) is 0 Å². The number of rotatable bonds is 5. The van der Waals surface area contributed by atoms with Crippen LogP contribution in [0.15, 0.2) is 29.2 Å². The topological polar surface area (TPSA) is 64.2 Å². The second kappa shape index (κ2) is 6.85. The summed E-state index contributed by atoms with van der Waals surface area (Å²) in [7, 11) is 1.75. The van der Waals surface area contributed by atoms with Crippen LogP contribution in [0.25, 0.3) is 5.69 Å². The summed E-state index contributed by atoms with van der Waals surface area (Å²) in [4.78, 5) is 14.0. The van der Waals surface area contributed by atoms with Crippen LogP contribution in [0.5, 0.6) is 0 Å². The molecule has 1 aromatic carbocycles. The zero-order valence-corrected chi connectivity index (χ0v) is 12.6. The summed E-state index contributed by atoms with van der Waals surface area (Å²) in [5.41, 5.74) is 5.03. The summed E-state index contributed by atoms with van der Waals surface area (Å²) >= 11 is 6.06. The van der Waals surface area contributed by atoms with Gasteiger partial charge in [0.25, 0.3) is 5.56 Å². The summed E-state index contributed by atoms with van der Waals surface area (Å²) in [5, 5.41) is 3.83.